The third-order valence-electron chi connectivity index (χ3n) is 3.82. The van der Waals surface area contributed by atoms with Gasteiger partial charge in [-0.15, -0.1) is 0 Å². The second kappa shape index (κ2) is 6.96. The molecule has 0 saturated heterocycles. The van der Waals surface area contributed by atoms with Crippen LogP contribution < -0.4 is 4.74 Å². The molecule has 0 bridgehead atoms. The van der Waals surface area contributed by atoms with Crippen LogP contribution in [0.2, 0.25) is 0 Å². The number of allylic oxidation sites excluding steroid dienone is 4. The molecule has 1 nitrogen and oxygen atoms in total. The number of hydrogen-bond acceptors (Lipinski definition) is 1. The molecule has 1 radical (unpaired) electrons. The van der Waals surface area contributed by atoms with E-state index in [0.717, 1.165) is 6.07 Å². The van der Waals surface area contributed by atoms with E-state index in [1.165, 1.54) is 19.2 Å². The molecule has 1 aliphatic rings. The maximum atomic E-state index is 14.3. The number of benzene rings is 2. The van der Waals surface area contributed by atoms with E-state index in [4.69, 9.17) is 27.9 Å². The first-order valence-corrected chi connectivity index (χ1v) is 8.00. The van der Waals surface area contributed by atoms with Crippen molar-refractivity contribution >= 4 is 28.8 Å². The highest BCUT2D eigenvalue weighted by atomic mass is 35.5. The predicted octanol–water partition coefficient (Wildman–Crippen LogP) is 6.32. The zero-order valence-corrected chi connectivity index (χ0v) is 14.3. The molecule has 0 atom stereocenters. The third kappa shape index (κ3) is 3.06. The summed E-state index contributed by atoms with van der Waals surface area (Å²) in [5.41, 5.74) is 1.98. The molecule has 0 heterocycles. The first-order chi connectivity index (χ1) is 11.5. The summed E-state index contributed by atoms with van der Waals surface area (Å²) in [5.74, 6) is -1.29. The molecular formula is C19H13Cl2F2O. The van der Waals surface area contributed by atoms with Gasteiger partial charge >= 0.3 is 0 Å². The molecule has 123 valence electrons. The Kier molecular flexibility index (Phi) is 4.93. The molecule has 0 spiro atoms. The van der Waals surface area contributed by atoms with Crippen molar-refractivity contribution in [2.45, 2.75) is 6.42 Å². The number of methoxy groups -OCH3 is 1. The van der Waals surface area contributed by atoms with Crippen molar-refractivity contribution in [1.29, 1.82) is 0 Å². The molecule has 0 amide bonds. The van der Waals surface area contributed by atoms with Crippen LogP contribution in [0.25, 0.3) is 16.7 Å². The highest BCUT2D eigenvalue weighted by molar-refractivity contribution is 6.46. The molecule has 2 aromatic carbocycles. The summed E-state index contributed by atoms with van der Waals surface area (Å²) < 4.78 is 33.2. The van der Waals surface area contributed by atoms with Crippen LogP contribution in [-0.2, 0) is 0 Å². The zero-order valence-electron chi connectivity index (χ0n) is 12.7. The lowest BCUT2D eigenvalue weighted by atomic mass is 9.89. The van der Waals surface area contributed by atoms with Crippen LogP contribution in [-0.4, -0.2) is 7.11 Å². The summed E-state index contributed by atoms with van der Waals surface area (Å²) in [7, 11) is 1.51. The van der Waals surface area contributed by atoms with Crippen molar-refractivity contribution in [2.24, 2.45) is 0 Å². The Morgan fingerprint density at radius 1 is 1.00 bits per heavy atom. The number of ether oxygens (including phenoxy) is 1. The van der Waals surface area contributed by atoms with Crippen molar-refractivity contribution in [1.82, 2.24) is 0 Å². The average Bonchev–Trinajstić information content (AvgIpc) is 2.59. The molecule has 0 unspecified atom stereocenters. The van der Waals surface area contributed by atoms with Crippen molar-refractivity contribution in [3.8, 4) is 16.9 Å². The molecule has 0 fully saturated rings. The van der Waals surface area contributed by atoms with Gasteiger partial charge in [-0.3, -0.25) is 0 Å². The smallest absolute Gasteiger partial charge is 0.166 e. The van der Waals surface area contributed by atoms with E-state index < -0.39 is 11.6 Å². The van der Waals surface area contributed by atoms with Crippen LogP contribution >= 0.6 is 23.2 Å². The van der Waals surface area contributed by atoms with Crippen LogP contribution in [0, 0.1) is 18.1 Å². The average molecular weight is 366 g/mol. The molecule has 0 saturated carbocycles. The minimum absolute atomic E-state index is 0.139. The van der Waals surface area contributed by atoms with E-state index in [9.17, 15) is 8.78 Å². The highest BCUT2D eigenvalue weighted by Gasteiger charge is 2.21. The fraction of sp³-hybridized carbons (Fsp3) is 0.105. The summed E-state index contributed by atoms with van der Waals surface area (Å²) in [5, 5.41) is 0.821. The molecule has 3 rings (SSSR count). The van der Waals surface area contributed by atoms with Gasteiger partial charge in [0.15, 0.2) is 11.6 Å². The topological polar surface area (TPSA) is 9.23 Å². The van der Waals surface area contributed by atoms with Crippen LogP contribution in [0.15, 0.2) is 52.5 Å². The van der Waals surface area contributed by atoms with Crippen LogP contribution in [0.3, 0.4) is 0 Å². The van der Waals surface area contributed by atoms with Gasteiger partial charge in [0.05, 0.1) is 17.2 Å². The van der Waals surface area contributed by atoms with Gasteiger partial charge in [-0.25, -0.2) is 8.78 Å². The molecule has 5 heteroatoms. The second-order valence-electron chi connectivity index (χ2n) is 5.23. The zero-order chi connectivity index (χ0) is 17.3. The summed E-state index contributed by atoms with van der Waals surface area (Å²) in [6.45, 7) is 0. The van der Waals surface area contributed by atoms with Gasteiger partial charge in [-0.05, 0) is 47.7 Å². The molecule has 0 aliphatic heterocycles. The van der Waals surface area contributed by atoms with Gasteiger partial charge in [0.1, 0.15) is 5.75 Å². The number of hydrogen-bond donors (Lipinski definition) is 0. The van der Waals surface area contributed by atoms with Crippen molar-refractivity contribution in [3.05, 3.63) is 76.2 Å². The largest absolute Gasteiger partial charge is 0.497 e. The monoisotopic (exact) mass is 365 g/mol. The van der Waals surface area contributed by atoms with Gasteiger partial charge in [0.25, 0.3) is 0 Å². The van der Waals surface area contributed by atoms with E-state index in [2.05, 4.69) is 0 Å². The first kappa shape index (κ1) is 17.0. The summed E-state index contributed by atoms with van der Waals surface area (Å²) in [4.78, 5) is 0. The lowest BCUT2D eigenvalue weighted by Crippen LogP contribution is -2.00. The third-order valence-corrected chi connectivity index (χ3v) is 4.67. The first-order valence-electron chi connectivity index (χ1n) is 7.24. The van der Waals surface area contributed by atoms with Gasteiger partial charge in [-0.1, -0.05) is 47.5 Å². The highest BCUT2D eigenvalue weighted by Crippen LogP contribution is 2.41. The second-order valence-corrected chi connectivity index (χ2v) is 6.02. The standard InChI is InChI=1S/C19H13Cl2F2O/c1-24-11-8-9-12(13-4-2-6-16(20)18(13)21)15(10-11)14-5-3-7-17(22)19(14)23/h3-10H,2H2,1H3. The Labute approximate surface area is 149 Å². The summed E-state index contributed by atoms with van der Waals surface area (Å²) in [6.07, 6.45) is 4.30. The quantitative estimate of drug-likeness (QED) is 0.618. The van der Waals surface area contributed by atoms with Gasteiger partial charge in [0, 0.05) is 5.56 Å². The summed E-state index contributed by atoms with van der Waals surface area (Å²) in [6, 6.07) is 9.23. The van der Waals surface area contributed by atoms with E-state index in [0.29, 0.717) is 38.9 Å². The molecule has 0 N–H and O–H groups in total. The molecular weight excluding hydrogens is 353 g/mol. The van der Waals surface area contributed by atoms with Crippen molar-refractivity contribution in [2.75, 3.05) is 7.11 Å². The Hall–Kier alpha value is -1.84. The normalized spacial score (nSPS) is 14.6. The van der Waals surface area contributed by atoms with Crippen molar-refractivity contribution < 1.29 is 13.5 Å². The van der Waals surface area contributed by atoms with Gasteiger partial charge < -0.3 is 4.74 Å². The number of halogens is 4. The van der Waals surface area contributed by atoms with E-state index in [-0.39, 0.29) is 5.56 Å². The lowest BCUT2D eigenvalue weighted by molar-refractivity contribution is 0.415. The van der Waals surface area contributed by atoms with Crippen LogP contribution in [0.1, 0.15) is 12.0 Å². The van der Waals surface area contributed by atoms with Crippen LogP contribution in [0.4, 0.5) is 8.78 Å². The SMILES string of the molecule is COc1ccc(C2=C(Cl)C(Cl)=CC[CH]2)c(-c2cccc(F)c2F)c1. The summed E-state index contributed by atoms with van der Waals surface area (Å²) >= 11 is 12.4. The van der Waals surface area contributed by atoms with E-state index in [1.54, 1.807) is 24.3 Å². The van der Waals surface area contributed by atoms with Gasteiger partial charge in [-0.2, -0.15) is 0 Å². The van der Waals surface area contributed by atoms with Crippen LogP contribution in [0.5, 0.6) is 5.75 Å². The lowest BCUT2D eigenvalue weighted by Gasteiger charge is -2.19. The minimum atomic E-state index is -0.916. The van der Waals surface area contributed by atoms with Crippen molar-refractivity contribution in [3.63, 3.8) is 0 Å². The molecule has 24 heavy (non-hydrogen) atoms. The number of rotatable bonds is 3. The molecule has 2 aromatic rings. The van der Waals surface area contributed by atoms with E-state index >= 15 is 0 Å². The minimum Gasteiger partial charge on any atom is -0.497 e. The Balaban J connectivity index is 2.27. The fourth-order valence-electron chi connectivity index (χ4n) is 2.64. The Morgan fingerprint density at radius 2 is 1.79 bits per heavy atom. The molecule has 1 aliphatic carbocycles. The molecule has 0 aromatic heterocycles. The maximum absolute atomic E-state index is 14.3. The van der Waals surface area contributed by atoms with Gasteiger partial charge in [0.2, 0.25) is 0 Å². The predicted molar refractivity (Wildman–Crippen MR) is 94.0 cm³/mol. The fourth-order valence-corrected chi connectivity index (χ4v) is 3.08. The van der Waals surface area contributed by atoms with E-state index in [1.807, 2.05) is 6.42 Å². The Morgan fingerprint density at radius 3 is 2.54 bits per heavy atom. The maximum Gasteiger partial charge on any atom is 0.166 e. The Bertz CT molecular complexity index is 856.